The molecule has 0 aromatic heterocycles. The highest BCUT2D eigenvalue weighted by Crippen LogP contribution is 2.23. The summed E-state index contributed by atoms with van der Waals surface area (Å²) in [6.45, 7) is 0.148. The molecule has 0 bridgehead atoms. The second-order valence-corrected chi connectivity index (χ2v) is 2.95. The fourth-order valence-electron chi connectivity index (χ4n) is 1.31. The molecule has 0 saturated heterocycles. The summed E-state index contributed by atoms with van der Waals surface area (Å²) in [6.07, 6.45) is 3.22. The van der Waals surface area contributed by atoms with Gasteiger partial charge >= 0.3 is 5.97 Å². The molecule has 1 aliphatic rings. The molecule has 0 radical (unpaired) electrons. The van der Waals surface area contributed by atoms with E-state index >= 15 is 0 Å². The maximum atomic E-state index is 11.4. The molecule has 0 aromatic carbocycles. The summed E-state index contributed by atoms with van der Waals surface area (Å²) in [6, 6.07) is 0. The number of carbonyl (C=O) groups excluding carboxylic acids is 1. The summed E-state index contributed by atoms with van der Waals surface area (Å²) < 4.78 is 26.6. The molecule has 2 heteroatoms. The van der Waals surface area contributed by atoms with Crippen molar-refractivity contribution in [2.24, 2.45) is 5.92 Å². The molecule has 0 fully saturated rings. The molecule has 0 amide bonds. The van der Waals surface area contributed by atoms with E-state index in [-0.39, 0.29) is 11.9 Å². The van der Waals surface area contributed by atoms with Crippen molar-refractivity contribution in [2.45, 2.75) is 33.0 Å². The average molecular weight is 171 g/mol. The summed E-state index contributed by atoms with van der Waals surface area (Å²) in [7, 11) is 0. The van der Waals surface area contributed by atoms with E-state index in [0.717, 1.165) is 0 Å². The van der Waals surface area contributed by atoms with Crippen molar-refractivity contribution in [3.05, 3.63) is 11.6 Å². The molecule has 12 heavy (non-hydrogen) atoms. The molecule has 1 atom stereocenters. The van der Waals surface area contributed by atoms with Crippen LogP contribution in [0, 0.1) is 5.92 Å². The van der Waals surface area contributed by atoms with Gasteiger partial charge in [-0.05, 0) is 33.0 Å². The van der Waals surface area contributed by atoms with E-state index < -0.39 is 6.85 Å². The minimum absolute atomic E-state index is 0.156. The Bertz CT molecular complexity index is 268. The average Bonchev–Trinajstić information content (AvgIpc) is 2.17. The van der Waals surface area contributed by atoms with Gasteiger partial charge in [0.25, 0.3) is 0 Å². The Kier molecular flexibility index (Phi) is 2.07. The Morgan fingerprint density at radius 2 is 2.75 bits per heavy atom. The lowest BCUT2D eigenvalue weighted by molar-refractivity contribution is -0.148. The predicted molar refractivity (Wildman–Crippen MR) is 47.7 cm³/mol. The van der Waals surface area contributed by atoms with Gasteiger partial charge in [0.1, 0.15) is 0 Å². The van der Waals surface area contributed by atoms with E-state index in [2.05, 4.69) is 0 Å². The highest BCUT2D eigenvalue weighted by Gasteiger charge is 2.20. The number of ether oxygens (including phenoxy) is 1. The van der Waals surface area contributed by atoms with Crippen LogP contribution in [-0.2, 0) is 9.53 Å². The third-order valence-electron chi connectivity index (χ3n) is 2.03. The van der Waals surface area contributed by atoms with Gasteiger partial charge in [-0.2, -0.15) is 0 Å². The molecule has 1 aliphatic carbocycles. The van der Waals surface area contributed by atoms with Gasteiger partial charge in [-0.3, -0.25) is 4.79 Å². The molecule has 0 spiro atoms. The van der Waals surface area contributed by atoms with Gasteiger partial charge in [-0.15, -0.1) is 0 Å². The lowest BCUT2D eigenvalue weighted by Gasteiger charge is -2.18. The molecule has 0 N–H and O–H groups in total. The molecule has 0 unspecified atom stereocenters. The maximum absolute atomic E-state index is 11.4. The predicted octanol–water partition coefficient (Wildman–Crippen LogP) is 2.30. The molecule has 0 aliphatic heterocycles. The number of hydrogen-bond donors (Lipinski definition) is 0. The summed E-state index contributed by atoms with van der Waals surface area (Å²) in [5, 5.41) is 0. The topological polar surface area (TPSA) is 26.3 Å². The van der Waals surface area contributed by atoms with Crippen molar-refractivity contribution >= 4 is 5.97 Å². The van der Waals surface area contributed by atoms with E-state index in [4.69, 9.17) is 8.85 Å². The Labute approximate surface area is 77.8 Å². The Morgan fingerprint density at radius 3 is 3.25 bits per heavy atom. The maximum Gasteiger partial charge on any atom is 0.309 e. The fourth-order valence-corrected chi connectivity index (χ4v) is 1.31. The molecular formula is C10H16O2. The van der Waals surface area contributed by atoms with Crippen molar-refractivity contribution < 1.29 is 13.6 Å². The molecule has 0 saturated carbocycles. The van der Waals surface area contributed by atoms with E-state index in [0.29, 0.717) is 31.4 Å². The third-order valence-corrected chi connectivity index (χ3v) is 2.03. The van der Waals surface area contributed by atoms with Gasteiger partial charge in [0.15, 0.2) is 0 Å². The SMILES string of the molecule is [2H]C([2H])([2H])C1=CC[C@H](C(=O)OCC)CC1. The number of esters is 1. The van der Waals surface area contributed by atoms with Crippen LogP contribution in [-0.4, -0.2) is 12.6 Å². The van der Waals surface area contributed by atoms with E-state index in [1.807, 2.05) is 0 Å². The number of hydrogen-bond acceptors (Lipinski definition) is 2. The summed E-state index contributed by atoms with van der Waals surface area (Å²) >= 11 is 0. The quantitative estimate of drug-likeness (QED) is 0.470. The standard InChI is InChI=1S/C10H16O2/c1-3-12-10(11)9-6-4-8(2)5-7-9/h4,9H,3,5-7H2,1-2H3/t9-/m0/s1/i2D3. The first-order valence-corrected chi connectivity index (χ1v) is 4.31. The normalized spacial score (nSPS) is 27.9. The lowest BCUT2D eigenvalue weighted by Crippen LogP contribution is -2.19. The van der Waals surface area contributed by atoms with Crippen molar-refractivity contribution in [3.63, 3.8) is 0 Å². The molecule has 1 rings (SSSR count). The molecule has 68 valence electrons. The van der Waals surface area contributed by atoms with Crippen LogP contribution in [0.4, 0.5) is 0 Å². The zero-order chi connectivity index (χ0) is 11.5. The second-order valence-electron chi connectivity index (χ2n) is 2.95. The summed E-state index contributed by atoms with van der Waals surface area (Å²) in [4.78, 5) is 11.4. The van der Waals surface area contributed by atoms with Crippen molar-refractivity contribution in [2.75, 3.05) is 6.61 Å². The minimum atomic E-state index is -2.00. The lowest BCUT2D eigenvalue weighted by atomic mass is 9.90. The summed E-state index contributed by atoms with van der Waals surface area (Å²) in [5.74, 6) is -0.366. The summed E-state index contributed by atoms with van der Waals surface area (Å²) in [5.41, 5.74) is 0.475. The fraction of sp³-hybridized carbons (Fsp3) is 0.700. The van der Waals surface area contributed by atoms with E-state index in [1.54, 1.807) is 13.0 Å². The van der Waals surface area contributed by atoms with Crippen molar-refractivity contribution in [3.8, 4) is 0 Å². The first kappa shape index (κ1) is 5.79. The van der Waals surface area contributed by atoms with Crippen LogP contribution in [0.15, 0.2) is 11.6 Å². The van der Waals surface area contributed by atoms with Crippen LogP contribution in [0.25, 0.3) is 0 Å². The second kappa shape index (κ2) is 4.29. The monoisotopic (exact) mass is 171 g/mol. The van der Waals surface area contributed by atoms with Gasteiger partial charge in [-0.1, -0.05) is 11.6 Å². The van der Waals surface area contributed by atoms with Gasteiger partial charge in [0.2, 0.25) is 0 Å². The molecular weight excluding hydrogens is 152 g/mol. The number of allylic oxidation sites excluding steroid dienone is 2. The van der Waals surface area contributed by atoms with Crippen molar-refractivity contribution in [1.29, 1.82) is 0 Å². The first-order chi connectivity index (χ1) is 6.95. The number of rotatable bonds is 2. The Morgan fingerprint density at radius 1 is 1.92 bits per heavy atom. The first-order valence-electron chi connectivity index (χ1n) is 5.81. The van der Waals surface area contributed by atoms with Crippen LogP contribution in [0.1, 0.15) is 37.2 Å². The van der Waals surface area contributed by atoms with Gasteiger partial charge in [0.05, 0.1) is 12.5 Å². The van der Waals surface area contributed by atoms with Crippen LogP contribution < -0.4 is 0 Å². The van der Waals surface area contributed by atoms with Crippen LogP contribution in [0.3, 0.4) is 0 Å². The van der Waals surface area contributed by atoms with Gasteiger partial charge < -0.3 is 4.74 Å². The smallest absolute Gasteiger partial charge is 0.309 e. The zero-order valence-electron chi connectivity index (χ0n) is 10.3. The Hall–Kier alpha value is -0.790. The largest absolute Gasteiger partial charge is 0.466 e. The zero-order valence-corrected chi connectivity index (χ0v) is 7.30. The molecule has 0 heterocycles. The van der Waals surface area contributed by atoms with E-state index in [1.165, 1.54) is 0 Å². The highest BCUT2D eigenvalue weighted by molar-refractivity contribution is 5.72. The number of carbonyl (C=O) groups is 1. The van der Waals surface area contributed by atoms with Crippen LogP contribution >= 0.6 is 0 Å². The van der Waals surface area contributed by atoms with Gasteiger partial charge in [0, 0.05) is 4.11 Å². The third kappa shape index (κ3) is 2.36. The minimum Gasteiger partial charge on any atom is -0.466 e. The molecule has 0 aromatic rings. The van der Waals surface area contributed by atoms with Gasteiger partial charge in [-0.25, -0.2) is 0 Å². The van der Waals surface area contributed by atoms with Crippen LogP contribution in [0.5, 0.6) is 0 Å². The van der Waals surface area contributed by atoms with Crippen LogP contribution in [0.2, 0.25) is 0 Å². The molecule has 2 nitrogen and oxygen atoms in total. The highest BCUT2D eigenvalue weighted by atomic mass is 16.5. The Balaban J connectivity index is 2.54. The van der Waals surface area contributed by atoms with E-state index in [9.17, 15) is 4.79 Å². The van der Waals surface area contributed by atoms with Crippen molar-refractivity contribution in [1.82, 2.24) is 0 Å².